The molecule has 21 heavy (non-hydrogen) atoms. The number of rotatable bonds is 6. The van der Waals surface area contributed by atoms with Gasteiger partial charge in [0, 0.05) is 19.6 Å². The van der Waals surface area contributed by atoms with Crippen LogP contribution in [0.5, 0.6) is 5.75 Å². The number of nitrogens with zero attached hydrogens (tertiary/aromatic N) is 1. The summed E-state index contributed by atoms with van der Waals surface area (Å²) < 4.78 is 11.5. The van der Waals surface area contributed by atoms with Gasteiger partial charge in [-0.3, -0.25) is 9.69 Å². The number of hydrogen-bond acceptors (Lipinski definition) is 4. The minimum absolute atomic E-state index is 0.0517. The number of hydrogen-bond donors (Lipinski definition) is 1. The summed E-state index contributed by atoms with van der Waals surface area (Å²) in [5.74, 6) is -0.0245. The topological polar surface area (TPSA) is 59.0 Å². The zero-order chi connectivity index (χ0) is 14.7. The average molecular weight is 291 g/mol. The molecule has 1 saturated heterocycles. The molecule has 0 radical (unpaired) electrons. The van der Waals surface area contributed by atoms with Crippen LogP contribution in [-0.2, 0) is 16.0 Å². The Kier molecular flexibility index (Phi) is 4.12. The molecule has 0 aromatic heterocycles. The van der Waals surface area contributed by atoms with E-state index in [9.17, 15) is 4.79 Å². The summed E-state index contributed by atoms with van der Waals surface area (Å²) in [5.41, 5.74) is 0.954. The van der Waals surface area contributed by atoms with Gasteiger partial charge in [0.25, 0.3) is 0 Å². The Morgan fingerprint density at radius 1 is 1.33 bits per heavy atom. The second-order valence-corrected chi connectivity index (χ2v) is 5.87. The van der Waals surface area contributed by atoms with Crippen LogP contribution in [0.25, 0.3) is 0 Å². The number of carbonyl (C=O) groups is 1. The smallest absolute Gasteiger partial charge is 0.307 e. The zero-order valence-electron chi connectivity index (χ0n) is 12.1. The standard InChI is InChI=1S/C16H21NO4/c18-15(19)11-13-1-3-14(4-2-13)20-9-7-17-8-10-21-16(12-17)5-6-16/h1-4H,5-12H2,(H,18,19). The first-order chi connectivity index (χ1) is 10.2. The summed E-state index contributed by atoms with van der Waals surface area (Å²) in [6.45, 7) is 4.37. The van der Waals surface area contributed by atoms with Gasteiger partial charge >= 0.3 is 5.97 Å². The van der Waals surface area contributed by atoms with Crippen molar-refractivity contribution in [3.05, 3.63) is 29.8 Å². The third-order valence-electron chi connectivity index (χ3n) is 4.09. The molecule has 1 aliphatic heterocycles. The van der Waals surface area contributed by atoms with Crippen LogP contribution in [0, 0.1) is 0 Å². The van der Waals surface area contributed by atoms with Crippen LogP contribution in [0.3, 0.4) is 0 Å². The molecule has 1 spiro atoms. The molecule has 1 saturated carbocycles. The first-order valence-corrected chi connectivity index (χ1v) is 7.45. The molecule has 1 aromatic carbocycles. The van der Waals surface area contributed by atoms with Crippen molar-refractivity contribution in [1.82, 2.24) is 4.90 Å². The summed E-state index contributed by atoms with van der Waals surface area (Å²) in [7, 11) is 0. The molecule has 1 N–H and O–H groups in total. The Labute approximate surface area is 124 Å². The quantitative estimate of drug-likeness (QED) is 0.862. The van der Waals surface area contributed by atoms with Crippen molar-refractivity contribution in [3.8, 4) is 5.75 Å². The SMILES string of the molecule is O=C(O)Cc1ccc(OCCN2CCOC3(CC3)C2)cc1. The van der Waals surface area contributed by atoms with Crippen LogP contribution >= 0.6 is 0 Å². The van der Waals surface area contributed by atoms with Gasteiger partial charge in [-0.25, -0.2) is 0 Å². The van der Waals surface area contributed by atoms with Crippen molar-refractivity contribution in [3.63, 3.8) is 0 Å². The number of benzene rings is 1. The first kappa shape index (κ1) is 14.4. The molecule has 114 valence electrons. The molecule has 5 nitrogen and oxygen atoms in total. The predicted molar refractivity (Wildman–Crippen MR) is 77.6 cm³/mol. The van der Waals surface area contributed by atoms with Crippen molar-refractivity contribution in [2.24, 2.45) is 0 Å². The second-order valence-electron chi connectivity index (χ2n) is 5.87. The van der Waals surface area contributed by atoms with Crippen molar-refractivity contribution in [2.75, 3.05) is 32.8 Å². The van der Waals surface area contributed by atoms with Gasteiger partial charge in [0.15, 0.2) is 0 Å². The number of carboxylic acids is 1. The Balaban J connectivity index is 1.41. The van der Waals surface area contributed by atoms with Crippen LogP contribution in [0.15, 0.2) is 24.3 Å². The van der Waals surface area contributed by atoms with Gasteiger partial charge in [0.2, 0.25) is 0 Å². The number of ether oxygens (including phenoxy) is 2. The van der Waals surface area contributed by atoms with E-state index in [1.807, 2.05) is 12.1 Å². The molecule has 2 fully saturated rings. The van der Waals surface area contributed by atoms with E-state index in [0.29, 0.717) is 6.61 Å². The fourth-order valence-electron chi connectivity index (χ4n) is 2.73. The highest BCUT2D eigenvalue weighted by Gasteiger charge is 2.47. The number of aliphatic carboxylic acids is 1. The molecular weight excluding hydrogens is 270 g/mol. The lowest BCUT2D eigenvalue weighted by atomic mass is 10.1. The molecule has 3 rings (SSSR count). The van der Waals surface area contributed by atoms with Gasteiger partial charge in [-0.2, -0.15) is 0 Å². The van der Waals surface area contributed by atoms with Gasteiger partial charge in [0.1, 0.15) is 12.4 Å². The van der Waals surface area contributed by atoms with Crippen molar-refractivity contribution in [1.29, 1.82) is 0 Å². The Hall–Kier alpha value is -1.59. The monoisotopic (exact) mass is 291 g/mol. The molecule has 1 heterocycles. The number of carboxylic acid groups (broad SMARTS) is 1. The lowest BCUT2D eigenvalue weighted by molar-refractivity contribution is -0.136. The first-order valence-electron chi connectivity index (χ1n) is 7.45. The maximum Gasteiger partial charge on any atom is 0.307 e. The van der Waals surface area contributed by atoms with Crippen molar-refractivity contribution in [2.45, 2.75) is 24.9 Å². The fourth-order valence-corrected chi connectivity index (χ4v) is 2.73. The van der Waals surface area contributed by atoms with E-state index in [2.05, 4.69) is 4.90 Å². The molecule has 1 aromatic rings. The highest BCUT2D eigenvalue weighted by Crippen LogP contribution is 2.41. The largest absolute Gasteiger partial charge is 0.492 e. The van der Waals surface area contributed by atoms with E-state index in [1.165, 1.54) is 12.8 Å². The van der Waals surface area contributed by atoms with E-state index in [1.54, 1.807) is 12.1 Å². The molecule has 0 amide bonds. The minimum atomic E-state index is -0.815. The van der Waals surface area contributed by atoms with Gasteiger partial charge in [-0.05, 0) is 30.5 Å². The van der Waals surface area contributed by atoms with Crippen LogP contribution in [0.1, 0.15) is 18.4 Å². The van der Waals surface area contributed by atoms with E-state index in [-0.39, 0.29) is 12.0 Å². The van der Waals surface area contributed by atoms with Crippen LogP contribution in [0.4, 0.5) is 0 Å². The van der Waals surface area contributed by atoms with Crippen LogP contribution in [-0.4, -0.2) is 54.4 Å². The Morgan fingerprint density at radius 3 is 2.76 bits per heavy atom. The van der Waals surface area contributed by atoms with E-state index < -0.39 is 5.97 Å². The predicted octanol–water partition coefficient (Wildman–Crippen LogP) is 1.56. The third-order valence-corrected chi connectivity index (χ3v) is 4.09. The second kappa shape index (κ2) is 6.03. The molecule has 5 heteroatoms. The summed E-state index contributed by atoms with van der Waals surface area (Å²) in [4.78, 5) is 13.0. The molecular formula is C16H21NO4. The summed E-state index contributed by atoms with van der Waals surface area (Å²) in [5, 5.41) is 8.72. The summed E-state index contributed by atoms with van der Waals surface area (Å²) in [6, 6.07) is 7.27. The van der Waals surface area contributed by atoms with E-state index in [4.69, 9.17) is 14.6 Å². The summed E-state index contributed by atoms with van der Waals surface area (Å²) >= 11 is 0. The molecule has 2 aliphatic rings. The third kappa shape index (κ3) is 3.95. The molecule has 0 bridgehead atoms. The van der Waals surface area contributed by atoms with Gasteiger partial charge in [-0.1, -0.05) is 12.1 Å². The Morgan fingerprint density at radius 2 is 2.10 bits per heavy atom. The fraction of sp³-hybridized carbons (Fsp3) is 0.562. The van der Waals surface area contributed by atoms with E-state index >= 15 is 0 Å². The van der Waals surface area contributed by atoms with Gasteiger partial charge in [0.05, 0.1) is 18.6 Å². The lowest BCUT2D eigenvalue weighted by Gasteiger charge is -2.32. The maximum absolute atomic E-state index is 10.6. The van der Waals surface area contributed by atoms with Gasteiger partial charge < -0.3 is 14.6 Å². The van der Waals surface area contributed by atoms with Crippen LogP contribution in [0.2, 0.25) is 0 Å². The normalized spacial score (nSPS) is 20.4. The highest BCUT2D eigenvalue weighted by atomic mass is 16.5. The van der Waals surface area contributed by atoms with Crippen molar-refractivity contribution < 1.29 is 19.4 Å². The average Bonchev–Trinajstić information content (AvgIpc) is 3.19. The lowest BCUT2D eigenvalue weighted by Crippen LogP contribution is -2.45. The number of morpholine rings is 1. The minimum Gasteiger partial charge on any atom is -0.492 e. The molecule has 0 atom stereocenters. The molecule has 1 aliphatic carbocycles. The highest BCUT2D eigenvalue weighted by molar-refractivity contribution is 5.70. The van der Waals surface area contributed by atoms with E-state index in [0.717, 1.165) is 37.6 Å². The van der Waals surface area contributed by atoms with Crippen LogP contribution < -0.4 is 4.74 Å². The Bertz CT molecular complexity index is 496. The zero-order valence-corrected chi connectivity index (χ0v) is 12.1. The molecule has 0 unspecified atom stereocenters. The maximum atomic E-state index is 10.6. The van der Waals surface area contributed by atoms with Crippen molar-refractivity contribution >= 4 is 5.97 Å². The van der Waals surface area contributed by atoms with Gasteiger partial charge in [-0.15, -0.1) is 0 Å². The summed E-state index contributed by atoms with van der Waals surface area (Å²) in [6.07, 6.45) is 2.43.